The summed E-state index contributed by atoms with van der Waals surface area (Å²) in [6.45, 7) is 6.31. The van der Waals surface area contributed by atoms with Crippen LogP contribution in [0.25, 0.3) is 0 Å². The van der Waals surface area contributed by atoms with Crippen LogP contribution in [0.1, 0.15) is 31.9 Å². The van der Waals surface area contributed by atoms with E-state index in [4.69, 9.17) is 9.47 Å². The van der Waals surface area contributed by atoms with E-state index >= 15 is 0 Å². The highest BCUT2D eigenvalue weighted by molar-refractivity contribution is 7.99. The Labute approximate surface area is 127 Å². The van der Waals surface area contributed by atoms with Crippen molar-refractivity contribution < 1.29 is 9.47 Å². The van der Waals surface area contributed by atoms with Crippen molar-refractivity contribution in [2.45, 2.75) is 31.6 Å². The Morgan fingerprint density at radius 3 is 2.45 bits per heavy atom. The number of thioether (sulfide) groups is 1. The van der Waals surface area contributed by atoms with Crippen molar-refractivity contribution >= 4 is 11.8 Å². The Balaban J connectivity index is 2.70. The van der Waals surface area contributed by atoms with Gasteiger partial charge in [0, 0.05) is 24.2 Å². The second-order valence-electron chi connectivity index (χ2n) is 4.77. The minimum absolute atomic E-state index is 0.364. The standard InChI is InChI=1S/C16H27NO2S/c1-5-10-17-16(13(2)20-12-11-18-3)14-6-8-15(19-4)9-7-14/h6-9,13,16-17H,5,10-12H2,1-4H3. The Morgan fingerprint density at radius 1 is 1.20 bits per heavy atom. The predicted molar refractivity (Wildman–Crippen MR) is 87.8 cm³/mol. The van der Waals surface area contributed by atoms with Gasteiger partial charge in [0.15, 0.2) is 0 Å². The number of hydrogen-bond donors (Lipinski definition) is 1. The molecule has 1 aromatic rings. The van der Waals surface area contributed by atoms with Gasteiger partial charge in [-0.15, -0.1) is 0 Å². The molecule has 0 bridgehead atoms. The first-order chi connectivity index (χ1) is 9.72. The highest BCUT2D eigenvalue weighted by atomic mass is 32.2. The normalized spacial score (nSPS) is 14.0. The molecule has 0 aromatic heterocycles. The van der Waals surface area contributed by atoms with Crippen LogP contribution in [0, 0.1) is 0 Å². The summed E-state index contributed by atoms with van der Waals surface area (Å²) in [5.41, 5.74) is 1.32. The summed E-state index contributed by atoms with van der Waals surface area (Å²) in [7, 11) is 3.45. The molecule has 0 heterocycles. The third kappa shape index (κ3) is 5.73. The highest BCUT2D eigenvalue weighted by Crippen LogP contribution is 2.27. The van der Waals surface area contributed by atoms with Gasteiger partial charge in [-0.05, 0) is 30.7 Å². The first-order valence-corrected chi connectivity index (χ1v) is 8.25. The Hall–Kier alpha value is -0.710. The van der Waals surface area contributed by atoms with Crippen LogP contribution in [0.2, 0.25) is 0 Å². The number of benzene rings is 1. The van der Waals surface area contributed by atoms with Crippen molar-refractivity contribution in [3.63, 3.8) is 0 Å². The molecule has 0 spiro atoms. The van der Waals surface area contributed by atoms with Crippen LogP contribution >= 0.6 is 11.8 Å². The molecule has 2 unspecified atom stereocenters. The number of rotatable bonds is 10. The van der Waals surface area contributed by atoms with Gasteiger partial charge in [-0.3, -0.25) is 0 Å². The van der Waals surface area contributed by atoms with Gasteiger partial charge in [0.25, 0.3) is 0 Å². The third-order valence-corrected chi connectivity index (χ3v) is 4.43. The van der Waals surface area contributed by atoms with E-state index in [9.17, 15) is 0 Å². The molecule has 0 saturated heterocycles. The first kappa shape index (κ1) is 17.3. The fourth-order valence-corrected chi connectivity index (χ4v) is 3.16. The summed E-state index contributed by atoms with van der Waals surface area (Å²) >= 11 is 1.95. The molecule has 0 aliphatic rings. The molecule has 0 amide bonds. The zero-order chi connectivity index (χ0) is 14.8. The third-order valence-electron chi connectivity index (χ3n) is 3.23. The van der Waals surface area contributed by atoms with Crippen LogP contribution in [0.3, 0.4) is 0 Å². The molecule has 0 aliphatic heterocycles. The van der Waals surface area contributed by atoms with E-state index in [2.05, 4.69) is 31.3 Å². The van der Waals surface area contributed by atoms with Gasteiger partial charge in [-0.2, -0.15) is 11.8 Å². The molecule has 4 heteroatoms. The van der Waals surface area contributed by atoms with Crippen molar-refractivity contribution in [3.8, 4) is 5.75 Å². The van der Waals surface area contributed by atoms with Crippen LogP contribution in [0.5, 0.6) is 5.75 Å². The van der Waals surface area contributed by atoms with Gasteiger partial charge >= 0.3 is 0 Å². The largest absolute Gasteiger partial charge is 0.497 e. The minimum atomic E-state index is 0.364. The minimum Gasteiger partial charge on any atom is -0.497 e. The fourth-order valence-electron chi connectivity index (χ4n) is 2.08. The van der Waals surface area contributed by atoms with E-state index in [0.717, 1.165) is 31.1 Å². The molecule has 0 fully saturated rings. The Morgan fingerprint density at radius 2 is 1.90 bits per heavy atom. The van der Waals surface area contributed by atoms with Crippen molar-refractivity contribution in [1.29, 1.82) is 0 Å². The summed E-state index contributed by atoms with van der Waals surface area (Å²) in [5, 5.41) is 4.15. The number of methoxy groups -OCH3 is 2. The van der Waals surface area contributed by atoms with Gasteiger partial charge in [0.2, 0.25) is 0 Å². The van der Waals surface area contributed by atoms with Gasteiger partial charge in [0.05, 0.1) is 13.7 Å². The molecular formula is C16H27NO2S. The molecular weight excluding hydrogens is 270 g/mol. The lowest BCUT2D eigenvalue weighted by molar-refractivity contribution is 0.218. The summed E-state index contributed by atoms with van der Waals surface area (Å²) in [6.07, 6.45) is 1.14. The predicted octanol–water partition coefficient (Wildman–Crippen LogP) is 3.50. The molecule has 0 saturated carbocycles. The van der Waals surface area contributed by atoms with Crippen LogP contribution in [0.4, 0.5) is 0 Å². The maximum absolute atomic E-state index is 5.23. The van der Waals surface area contributed by atoms with Gasteiger partial charge in [0.1, 0.15) is 5.75 Å². The lowest BCUT2D eigenvalue weighted by Gasteiger charge is -2.25. The monoisotopic (exact) mass is 297 g/mol. The maximum Gasteiger partial charge on any atom is 0.118 e. The van der Waals surface area contributed by atoms with Crippen LogP contribution in [-0.4, -0.2) is 38.4 Å². The Bertz CT molecular complexity index is 356. The Kier molecular flexibility index (Phi) is 8.74. The average Bonchev–Trinajstić information content (AvgIpc) is 2.48. The molecule has 1 rings (SSSR count). The summed E-state index contributed by atoms with van der Waals surface area (Å²) < 4.78 is 10.4. The lowest BCUT2D eigenvalue weighted by Crippen LogP contribution is -2.29. The molecule has 3 nitrogen and oxygen atoms in total. The average molecular weight is 297 g/mol. The fraction of sp³-hybridized carbons (Fsp3) is 0.625. The number of nitrogens with one attached hydrogen (secondary N) is 1. The van der Waals surface area contributed by atoms with Crippen LogP contribution in [0.15, 0.2) is 24.3 Å². The van der Waals surface area contributed by atoms with Crippen molar-refractivity contribution in [3.05, 3.63) is 29.8 Å². The molecule has 0 aliphatic carbocycles. The summed E-state index contributed by atoms with van der Waals surface area (Å²) in [4.78, 5) is 0. The van der Waals surface area contributed by atoms with E-state index in [-0.39, 0.29) is 0 Å². The number of ether oxygens (including phenoxy) is 2. The molecule has 20 heavy (non-hydrogen) atoms. The van der Waals surface area contributed by atoms with Gasteiger partial charge in [-0.25, -0.2) is 0 Å². The molecule has 1 aromatic carbocycles. The first-order valence-electron chi connectivity index (χ1n) is 7.20. The van der Waals surface area contributed by atoms with Gasteiger partial charge < -0.3 is 14.8 Å². The smallest absolute Gasteiger partial charge is 0.118 e. The number of hydrogen-bond acceptors (Lipinski definition) is 4. The van der Waals surface area contributed by atoms with E-state index in [1.165, 1.54) is 5.56 Å². The van der Waals surface area contributed by atoms with Crippen molar-refractivity contribution in [2.24, 2.45) is 0 Å². The SMILES string of the molecule is CCCNC(c1ccc(OC)cc1)C(C)SCCOC. The van der Waals surface area contributed by atoms with E-state index in [1.54, 1.807) is 14.2 Å². The van der Waals surface area contributed by atoms with E-state index in [1.807, 2.05) is 23.9 Å². The van der Waals surface area contributed by atoms with E-state index < -0.39 is 0 Å². The maximum atomic E-state index is 5.23. The lowest BCUT2D eigenvalue weighted by atomic mass is 10.0. The second-order valence-corrected chi connectivity index (χ2v) is 6.26. The molecule has 114 valence electrons. The van der Waals surface area contributed by atoms with Crippen LogP contribution in [-0.2, 0) is 4.74 Å². The highest BCUT2D eigenvalue weighted by Gasteiger charge is 2.18. The molecule has 1 N–H and O–H groups in total. The quantitative estimate of drug-likeness (QED) is 0.670. The summed E-state index contributed by atoms with van der Waals surface area (Å²) in [5.74, 6) is 1.93. The molecule has 0 radical (unpaired) electrons. The van der Waals surface area contributed by atoms with Crippen molar-refractivity contribution in [2.75, 3.05) is 33.1 Å². The topological polar surface area (TPSA) is 30.5 Å². The zero-order valence-electron chi connectivity index (χ0n) is 13.0. The molecule has 2 atom stereocenters. The van der Waals surface area contributed by atoms with Gasteiger partial charge in [-0.1, -0.05) is 26.0 Å². The second kappa shape index (κ2) is 10.1. The van der Waals surface area contributed by atoms with Crippen LogP contribution < -0.4 is 10.1 Å². The van der Waals surface area contributed by atoms with E-state index in [0.29, 0.717) is 11.3 Å². The summed E-state index contributed by atoms with van der Waals surface area (Å²) in [6, 6.07) is 8.73. The van der Waals surface area contributed by atoms with Crippen molar-refractivity contribution in [1.82, 2.24) is 5.32 Å². The zero-order valence-corrected chi connectivity index (χ0v) is 13.8.